The zero-order valence-corrected chi connectivity index (χ0v) is 11.5. The fraction of sp³-hybridized carbons (Fsp3) is 0.667. The molecule has 8 heteroatoms. The van der Waals surface area contributed by atoms with Gasteiger partial charge in [-0.25, -0.2) is 4.79 Å². The van der Waals surface area contributed by atoms with Crippen molar-refractivity contribution in [3.05, 3.63) is 11.7 Å². The number of nitrogens with one attached hydrogen (secondary N) is 1. The number of carbonyl (C=O) groups excluding carboxylic acids is 1. The summed E-state index contributed by atoms with van der Waals surface area (Å²) < 4.78 is 4.91. The number of carboxylic acids is 1. The molecule has 0 bridgehead atoms. The van der Waals surface area contributed by atoms with Crippen LogP contribution in [0.1, 0.15) is 31.5 Å². The highest BCUT2D eigenvalue weighted by atomic mass is 16.5. The third-order valence-corrected chi connectivity index (χ3v) is 3.45. The molecule has 0 radical (unpaired) electrons. The number of nitrogens with zero attached hydrogens (tertiary/aromatic N) is 3. The Morgan fingerprint density at radius 2 is 2.30 bits per heavy atom. The fourth-order valence-electron chi connectivity index (χ4n) is 2.36. The Bertz CT molecular complexity index is 501. The molecule has 0 spiro atoms. The van der Waals surface area contributed by atoms with E-state index in [1.165, 1.54) is 0 Å². The van der Waals surface area contributed by atoms with Gasteiger partial charge in [0.15, 0.2) is 5.82 Å². The highest BCUT2D eigenvalue weighted by Gasteiger charge is 2.32. The van der Waals surface area contributed by atoms with Crippen molar-refractivity contribution < 1.29 is 19.2 Å². The number of aryl methyl sites for hydroxylation is 1. The van der Waals surface area contributed by atoms with Gasteiger partial charge in [0.25, 0.3) is 0 Å². The first-order chi connectivity index (χ1) is 9.47. The van der Waals surface area contributed by atoms with Gasteiger partial charge in [-0.2, -0.15) is 4.98 Å². The fourth-order valence-corrected chi connectivity index (χ4v) is 2.36. The van der Waals surface area contributed by atoms with Gasteiger partial charge in [-0.1, -0.05) is 5.16 Å². The highest BCUT2D eigenvalue weighted by Crippen LogP contribution is 2.22. The maximum absolute atomic E-state index is 12.0. The van der Waals surface area contributed by atoms with E-state index in [0.717, 1.165) is 0 Å². The van der Waals surface area contributed by atoms with Crippen molar-refractivity contribution in [3.63, 3.8) is 0 Å². The first-order valence-electron chi connectivity index (χ1n) is 6.54. The molecule has 2 heterocycles. The van der Waals surface area contributed by atoms with E-state index in [1.807, 2.05) is 6.92 Å². The van der Waals surface area contributed by atoms with Crippen LogP contribution in [0, 0.1) is 12.8 Å². The van der Waals surface area contributed by atoms with Crippen LogP contribution in [0.15, 0.2) is 4.52 Å². The van der Waals surface area contributed by atoms with E-state index in [0.29, 0.717) is 31.1 Å². The summed E-state index contributed by atoms with van der Waals surface area (Å²) in [5, 5.41) is 15.3. The number of urea groups is 1. The van der Waals surface area contributed by atoms with Gasteiger partial charge < -0.3 is 19.8 Å². The number of carbonyl (C=O) groups is 2. The molecule has 0 aliphatic carbocycles. The molecule has 8 nitrogen and oxygen atoms in total. The Morgan fingerprint density at radius 3 is 2.85 bits per heavy atom. The molecule has 2 unspecified atom stereocenters. The van der Waals surface area contributed by atoms with Crippen LogP contribution in [0.5, 0.6) is 0 Å². The largest absolute Gasteiger partial charge is 0.481 e. The van der Waals surface area contributed by atoms with Gasteiger partial charge in [0.2, 0.25) is 5.89 Å². The van der Waals surface area contributed by atoms with Crippen LogP contribution in [0.4, 0.5) is 4.79 Å². The Morgan fingerprint density at radius 1 is 1.55 bits per heavy atom. The number of carboxylic acid groups (broad SMARTS) is 1. The SMILES string of the molecule is Cc1noc(CNC(=O)N2CCC(C(=O)O)CC2C)n1. The second-order valence-electron chi connectivity index (χ2n) is 5.00. The lowest BCUT2D eigenvalue weighted by Crippen LogP contribution is -2.50. The number of hydrogen-bond donors (Lipinski definition) is 2. The van der Waals surface area contributed by atoms with E-state index in [2.05, 4.69) is 15.5 Å². The lowest BCUT2D eigenvalue weighted by atomic mass is 9.92. The molecule has 1 saturated heterocycles. The number of aromatic nitrogens is 2. The van der Waals surface area contributed by atoms with E-state index in [4.69, 9.17) is 9.63 Å². The zero-order chi connectivity index (χ0) is 14.7. The summed E-state index contributed by atoms with van der Waals surface area (Å²) in [4.78, 5) is 28.6. The van der Waals surface area contributed by atoms with Crippen molar-refractivity contribution in [2.24, 2.45) is 5.92 Å². The van der Waals surface area contributed by atoms with Gasteiger partial charge in [-0.15, -0.1) is 0 Å². The summed E-state index contributed by atoms with van der Waals surface area (Å²) in [5.41, 5.74) is 0. The number of likely N-dealkylation sites (tertiary alicyclic amines) is 1. The van der Waals surface area contributed by atoms with Crippen LogP contribution >= 0.6 is 0 Å². The lowest BCUT2D eigenvalue weighted by molar-refractivity contribution is -0.143. The number of piperidine rings is 1. The number of rotatable bonds is 3. The molecule has 1 aromatic heterocycles. The zero-order valence-electron chi connectivity index (χ0n) is 11.5. The molecule has 1 aromatic rings. The summed E-state index contributed by atoms with van der Waals surface area (Å²) >= 11 is 0. The van der Waals surface area contributed by atoms with E-state index < -0.39 is 5.97 Å². The normalized spacial score (nSPS) is 22.6. The Kier molecular flexibility index (Phi) is 4.21. The molecule has 2 N–H and O–H groups in total. The van der Waals surface area contributed by atoms with Crippen LogP contribution in [0.3, 0.4) is 0 Å². The highest BCUT2D eigenvalue weighted by molar-refractivity contribution is 5.75. The van der Waals surface area contributed by atoms with E-state index in [9.17, 15) is 9.59 Å². The molecule has 0 saturated carbocycles. The van der Waals surface area contributed by atoms with Crippen molar-refractivity contribution in [1.29, 1.82) is 0 Å². The van der Waals surface area contributed by atoms with Gasteiger partial charge in [-0.05, 0) is 26.7 Å². The molecule has 20 heavy (non-hydrogen) atoms. The van der Waals surface area contributed by atoms with E-state index in [1.54, 1.807) is 11.8 Å². The van der Waals surface area contributed by atoms with Gasteiger partial charge in [-0.3, -0.25) is 4.79 Å². The van der Waals surface area contributed by atoms with Crippen LogP contribution in [0.25, 0.3) is 0 Å². The Hall–Kier alpha value is -2.12. The number of aliphatic carboxylic acids is 1. The third kappa shape index (κ3) is 3.25. The van der Waals surface area contributed by atoms with Crippen molar-refractivity contribution in [3.8, 4) is 0 Å². The molecular formula is C12H18N4O4. The quantitative estimate of drug-likeness (QED) is 0.847. The first kappa shape index (κ1) is 14.3. The summed E-state index contributed by atoms with van der Waals surface area (Å²) in [5.74, 6) is -0.292. The van der Waals surface area contributed by atoms with Gasteiger partial charge in [0, 0.05) is 12.6 Å². The average molecular weight is 282 g/mol. The Labute approximate surface area is 116 Å². The average Bonchev–Trinajstić information content (AvgIpc) is 2.81. The first-order valence-corrected chi connectivity index (χ1v) is 6.54. The summed E-state index contributed by atoms with van der Waals surface area (Å²) in [7, 11) is 0. The molecular weight excluding hydrogens is 264 g/mol. The second kappa shape index (κ2) is 5.89. The Balaban J connectivity index is 1.85. The topological polar surface area (TPSA) is 109 Å². The van der Waals surface area contributed by atoms with Gasteiger partial charge in [0.05, 0.1) is 12.5 Å². The predicted octanol–water partition coefficient (Wildman–Crippen LogP) is 0.773. The molecule has 1 aliphatic heterocycles. The summed E-state index contributed by atoms with van der Waals surface area (Å²) in [6, 6.07) is -0.341. The molecule has 2 rings (SSSR count). The molecule has 1 fully saturated rings. The van der Waals surface area contributed by atoms with Crippen LogP contribution in [0.2, 0.25) is 0 Å². The minimum atomic E-state index is -0.793. The molecule has 1 aliphatic rings. The van der Waals surface area contributed by atoms with Crippen molar-refractivity contribution in [2.75, 3.05) is 6.54 Å². The van der Waals surface area contributed by atoms with Crippen LogP contribution < -0.4 is 5.32 Å². The van der Waals surface area contributed by atoms with E-state index >= 15 is 0 Å². The molecule has 2 amide bonds. The summed E-state index contributed by atoms with van der Waals surface area (Å²) in [6.07, 6.45) is 0.954. The monoisotopic (exact) mass is 282 g/mol. The number of hydrogen-bond acceptors (Lipinski definition) is 5. The lowest BCUT2D eigenvalue weighted by Gasteiger charge is -2.36. The predicted molar refractivity (Wildman–Crippen MR) is 67.8 cm³/mol. The van der Waals surface area contributed by atoms with E-state index in [-0.39, 0.29) is 24.5 Å². The van der Waals surface area contributed by atoms with Crippen molar-refractivity contribution >= 4 is 12.0 Å². The smallest absolute Gasteiger partial charge is 0.318 e. The molecule has 110 valence electrons. The van der Waals surface area contributed by atoms with Crippen LogP contribution in [-0.2, 0) is 11.3 Å². The minimum Gasteiger partial charge on any atom is -0.481 e. The van der Waals surface area contributed by atoms with Crippen LogP contribution in [-0.4, -0.2) is 44.7 Å². The minimum absolute atomic E-state index is 0.103. The maximum atomic E-state index is 12.0. The third-order valence-electron chi connectivity index (χ3n) is 3.45. The van der Waals surface area contributed by atoms with Gasteiger partial charge in [0.1, 0.15) is 0 Å². The maximum Gasteiger partial charge on any atom is 0.318 e. The summed E-state index contributed by atoms with van der Waals surface area (Å²) in [6.45, 7) is 4.16. The number of amides is 2. The van der Waals surface area contributed by atoms with Crippen molar-refractivity contribution in [1.82, 2.24) is 20.4 Å². The van der Waals surface area contributed by atoms with Crippen molar-refractivity contribution in [2.45, 2.75) is 39.3 Å². The molecule has 2 atom stereocenters. The standard InChI is InChI=1S/C12H18N4O4/c1-7-5-9(11(17)18)3-4-16(7)12(19)13-6-10-14-8(2)15-20-10/h7,9H,3-6H2,1-2H3,(H,13,19)(H,17,18). The van der Waals surface area contributed by atoms with Gasteiger partial charge >= 0.3 is 12.0 Å². The second-order valence-corrected chi connectivity index (χ2v) is 5.00. The molecule has 0 aromatic carbocycles.